The van der Waals surface area contributed by atoms with Gasteiger partial charge in [-0.3, -0.25) is 14.2 Å². The lowest BCUT2D eigenvalue weighted by Crippen LogP contribution is -2.39. The second-order valence-electron chi connectivity index (χ2n) is 10.8. The van der Waals surface area contributed by atoms with E-state index < -0.39 is 34.4 Å². The van der Waals surface area contributed by atoms with Gasteiger partial charge in [0.15, 0.2) is 11.6 Å². The van der Waals surface area contributed by atoms with E-state index in [1.165, 1.54) is 6.20 Å². The third-order valence-electron chi connectivity index (χ3n) is 7.78. The second-order valence-corrected chi connectivity index (χ2v) is 10.8. The van der Waals surface area contributed by atoms with E-state index in [1.807, 2.05) is 4.90 Å². The lowest BCUT2D eigenvalue weighted by molar-refractivity contribution is 0.0694. The lowest BCUT2D eigenvalue weighted by atomic mass is 9.97. The minimum Gasteiger partial charge on any atom is -0.477 e. The van der Waals surface area contributed by atoms with Gasteiger partial charge in [0, 0.05) is 85.6 Å². The van der Waals surface area contributed by atoms with Crippen LogP contribution in [-0.4, -0.2) is 76.8 Å². The average molecular weight is 565 g/mol. The zero-order valence-electron chi connectivity index (χ0n) is 22.6. The molecule has 9 nitrogen and oxygen atoms in total. The van der Waals surface area contributed by atoms with E-state index in [0.717, 1.165) is 16.7 Å². The molecular weight excluding hydrogens is 537 g/mol. The van der Waals surface area contributed by atoms with Gasteiger partial charge in [0.1, 0.15) is 16.9 Å². The fourth-order valence-electron chi connectivity index (χ4n) is 6.08. The van der Waals surface area contributed by atoms with E-state index in [4.69, 9.17) is 0 Å². The smallest absolute Gasteiger partial charge is 0.342 e. The number of hydrogen-bond donors (Lipinski definition) is 2. The van der Waals surface area contributed by atoms with Crippen LogP contribution in [0.3, 0.4) is 0 Å². The van der Waals surface area contributed by atoms with Gasteiger partial charge in [-0.2, -0.15) is 0 Å². The van der Waals surface area contributed by atoms with Crippen molar-refractivity contribution in [3.05, 3.63) is 75.6 Å². The van der Waals surface area contributed by atoms with Gasteiger partial charge in [-0.25, -0.2) is 22.9 Å². The number of rotatable bonds is 6. The number of carboxylic acid groups (broad SMARTS) is 1. The van der Waals surface area contributed by atoms with Crippen molar-refractivity contribution in [2.45, 2.75) is 18.5 Å². The molecule has 2 N–H and O–H groups in total. The number of anilines is 2. The first-order chi connectivity index (χ1) is 19.5. The number of aromatic carboxylic acids is 1. The van der Waals surface area contributed by atoms with E-state index in [9.17, 15) is 19.1 Å². The molecule has 3 aromatic heterocycles. The Hall–Kier alpha value is -4.45. The van der Waals surface area contributed by atoms with Crippen LogP contribution in [0.15, 0.2) is 41.6 Å². The number of nitrogens with zero attached hydrogens (tertiary/aromatic N) is 5. The summed E-state index contributed by atoms with van der Waals surface area (Å²) in [6.45, 7) is 0.514. The van der Waals surface area contributed by atoms with E-state index in [1.54, 1.807) is 44.4 Å². The van der Waals surface area contributed by atoms with Crippen molar-refractivity contribution in [3.63, 3.8) is 0 Å². The molecule has 0 radical (unpaired) electrons. The van der Waals surface area contributed by atoms with E-state index in [0.29, 0.717) is 45.9 Å². The summed E-state index contributed by atoms with van der Waals surface area (Å²) in [5, 5.41) is 12.4. The Labute approximate surface area is 232 Å². The predicted octanol–water partition coefficient (Wildman–Crippen LogP) is 3.83. The molecule has 0 amide bonds. The molecule has 41 heavy (non-hydrogen) atoms. The zero-order chi connectivity index (χ0) is 29.2. The highest BCUT2D eigenvalue weighted by molar-refractivity contribution is 5.97. The number of halogens is 3. The van der Waals surface area contributed by atoms with Crippen LogP contribution in [-0.2, 0) is 6.42 Å². The first-order valence-corrected chi connectivity index (χ1v) is 13.1. The molecule has 4 aromatic rings. The van der Waals surface area contributed by atoms with Crippen LogP contribution in [0, 0.1) is 11.6 Å². The summed E-state index contributed by atoms with van der Waals surface area (Å²) in [5.41, 5.74) is 0.781. The summed E-state index contributed by atoms with van der Waals surface area (Å²) in [6.07, 6.45) is 4.51. The van der Waals surface area contributed by atoms with Crippen LogP contribution in [0.2, 0.25) is 0 Å². The van der Waals surface area contributed by atoms with Crippen LogP contribution in [0.4, 0.5) is 24.5 Å². The number of benzene rings is 1. The molecule has 1 saturated heterocycles. The molecule has 1 unspecified atom stereocenters. The number of pyridine rings is 2. The Morgan fingerprint density at radius 2 is 1.98 bits per heavy atom. The number of carboxylic acids is 1. The molecule has 12 heteroatoms. The number of nitrogens with one attached hydrogen (secondary N) is 1. The highest BCUT2D eigenvalue weighted by Crippen LogP contribution is 2.51. The van der Waals surface area contributed by atoms with Gasteiger partial charge in [0.25, 0.3) is 5.56 Å². The Balaban J connectivity index is 1.62. The third-order valence-corrected chi connectivity index (χ3v) is 7.78. The minimum atomic E-state index is -1.55. The topological polar surface area (TPSA) is 103 Å². The third kappa shape index (κ3) is 4.29. The van der Waals surface area contributed by atoms with Crippen molar-refractivity contribution in [1.29, 1.82) is 0 Å². The molecule has 0 spiro atoms. The van der Waals surface area contributed by atoms with Crippen molar-refractivity contribution < 1.29 is 23.1 Å². The van der Waals surface area contributed by atoms with Gasteiger partial charge in [-0.1, -0.05) is 0 Å². The largest absolute Gasteiger partial charge is 0.477 e. The number of alkyl halides is 1. The van der Waals surface area contributed by atoms with E-state index >= 15 is 8.78 Å². The molecule has 1 atom stereocenters. The standard InChI is InChI=1S/C29H27F3N6O3/c1-33-20-9-19(30)25(31)23-16(20)8-21-24(23)26(37-7-6-29(32,14-37)13-36(2)3)17(10-34-21)15-4-5-22-35-11-18(28(40)41)27(39)38(22)12-15/h4-5,9-12,33H,6-8,13-14H2,1-3H3,(H,40,41). The first-order valence-electron chi connectivity index (χ1n) is 13.1. The van der Waals surface area contributed by atoms with Gasteiger partial charge >= 0.3 is 5.97 Å². The van der Waals surface area contributed by atoms with E-state index in [2.05, 4.69) is 15.3 Å². The molecular formula is C29H27F3N6O3. The molecule has 0 saturated carbocycles. The van der Waals surface area contributed by atoms with Crippen molar-refractivity contribution in [2.75, 3.05) is 51.0 Å². The van der Waals surface area contributed by atoms with Gasteiger partial charge in [-0.15, -0.1) is 0 Å². The van der Waals surface area contributed by atoms with Crippen LogP contribution < -0.4 is 15.8 Å². The summed E-state index contributed by atoms with van der Waals surface area (Å²) < 4.78 is 47.5. The molecule has 1 aromatic carbocycles. The number of fused-ring (bicyclic) bond motifs is 4. The van der Waals surface area contributed by atoms with Crippen LogP contribution in [0.1, 0.15) is 28.0 Å². The second kappa shape index (κ2) is 9.58. The molecule has 212 valence electrons. The van der Waals surface area contributed by atoms with E-state index in [-0.39, 0.29) is 37.1 Å². The fraction of sp³-hybridized carbons (Fsp3) is 0.310. The quantitative estimate of drug-likeness (QED) is 0.321. The summed E-state index contributed by atoms with van der Waals surface area (Å²) in [6, 6.07) is 4.36. The van der Waals surface area contributed by atoms with Crippen molar-refractivity contribution in [2.24, 2.45) is 0 Å². The highest BCUT2D eigenvalue weighted by Gasteiger charge is 2.42. The van der Waals surface area contributed by atoms with Crippen molar-refractivity contribution in [3.8, 4) is 22.3 Å². The molecule has 1 aliphatic heterocycles. The number of aromatic nitrogens is 3. The van der Waals surface area contributed by atoms with Gasteiger partial charge < -0.3 is 20.2 Å². The summed E-state index contributed by atoms with van der Waals surface area (Å²) in [5.74, 6) is -3.44. The molecule has 2 aliphatic rings. The molecule has 0 bridgehead atoms. The Kier molecular flexibility index (Phi) is 6.25. The van der Waals surface area contributed by atoms with Gasteiger partial charge in [-0.05, 0) is 31.8 Å². The molecule has 1 fully saturated rings. The monoisotopic (exact) mass is 564 g/mol. The summed E-state index contributed by atoms with van der Waals surface area (Å²) in [4.78, 5) is 36.8. The number of hydrogen-bond acceptors (Lipinski definition) is 7. The SMILES string of the molecule is CNc1cc(F)c(F)c2c1Cc1ncc(-c3ccc4ncc(C(=O)O)c(=O)n4c3)c(N3CCC(F)(CN(C)C)C3)c1-2. The maximum absolute atomic E-state index is 16.0. The number of carbonyl (C=O) groups is 1. The minimum absolute atomic E-state index is 0.0119. The normalized spacial score (nSPS) is 17.8. The maximum Gasteiger partial charge on any atom is 0.342 e. The zero-order valence-corrected chi connectivity index (χ0v) is 22.6. The van der Waals surface area contributed by atoms with Crippen LogP contribution in [0.5, 0.6) is 0 Å². The summed E-state index contributed by atoms with van der Waals surface area (Å²) >= 11 is 0. The van der Waals surface area contributed by atoms with Crippen LogP contribution in [0.25, 0.3) is 27.9 Å². The van der Waals surface area contributed by atoms with Crippen molar-refractivity contribution in [1.82, 2.24) is 19.3 Å². The molecule has 4 heterocycles. The highest BCUT2D eigenvalue weighted by atomic mass is 19.2. The van der Waals surface area contributed by atoms with Gasteiger partial charge in [0.05, 0.1) is 17.9 Å². The lowest BCUT2D eigenvalue weighted by Gasteiger charge is -2.28. The maximum atomic E-state index is 16.0. The first kappa shape index (κ1) is 26.8. The van der Waals surface area contributed by atoms with Gasteiger partial charge in [0.2, 0.25) is 0 Å². The summed E-state index contributed by atoms with van der Waals surface area (Å²) in [7, 11) is 5.21. The Morgan fingerprint density at radius 3 is 2.68 bits per heavy atom. The Bertz CT molecular complexity index is 1810. The van der Waals surface area contributed by atoms with Crippen molar-refractivity contribution >= 4 is 23.0 Å². The van der Waals surface area contributed by atoms with Crippen LogP contribution >= 0.6 is 0 Å². The predicted molar refractivity (Wildman–Crippen MR) is 149 cm³/mol. The Morgan fingerprint density at radius 1 is 1.20 bits per heavy atom. The average Bonchev–Trinajstić information content (AvgIpc) is 3.50. The molecule has 1 aliphatic carbocycles. The fourth-order valence-corrected chi connectivity index (χ4v) is 6.08. The molecule has 6 rings (SSSR count).